The highest BCUT2D eigenvalue weighted by Gasteiger charge is 2.37. The number of hydrogen-bond donors (Lipinski definition) is 1. The third-order valence-electron chi connectivity index (χ3n) is 5.23. The van der Waals surface area contributed by atoms with Crippen LogP contribution in [0.1, 0.15) is 44.7 Å². The molecule has 1 aromatic carbocycles. The zero-order valence-electron chi connectivity index (χ0n) is 14.7. The van der Waals surface area contributed by atoms with Crippen LogP contribution in [0.3, 0.4) is 0 Å². The number of nitrogens with one attached hydrogen (secondary N) is 1. The van der Waals surface area contributed by atoms with Crippen LogP contribution in [-0.4, -0.2) is 30.1 Å². The smallest absolute Gasteiger partial charge is 0.338 e. The second kappa shape index (κ2) is 7.35. The molecule has 0 unspecified atom stereocenters. The van der Waals surface area contributed by atoms with Crippen LogP contribution in [0, 0.1) is 9.49 Å². The number of benzene rings is 1. The molecule has 0 spiro atoms. The van der Waals surface area contributed by atoms with Crippen LogP contribution in [-0.2, 0) is 9.53 Å². The predicted octanol–water partition coefficient (Wildman–Crippen LogP) is 3.99. The van der Waals surface area contributed by atoms with E-state index in [1.54, 1.807) is 14.0 Å². The monoisotopic (exact) mass is 454 g/mol. The first-order valence-corrected chi connectivity index (χ1v) is 9.68. The molecule has 25 heavy (non-hydrogen) atoms. The number of carbonyl (C=O) groups excluding carboxylic acids is 2. The molecular formula is C19H23IN2O3. The molecule has 3 rings (SSSR count). The molecule has 3 atom stereocenters. The lowest BCUT2D eigenvalue weighted by atomic mass is 9.95. The van der Waals surface area contributed by atoms with E-state index < -0.39 is 6.04 Å². The molecule has 134 valence electrons. The molecule has 2 aliphatic rings. The van der Waals surface area contributed by atoms with Gasteiger partial charge in [0.2, 0.25) is 0 Å². The summed E-state index contributed by atoms with van der Waals surface area (Å²) in [7, 11) is 1.67. The second-order valence-corrected chi connectivity index (χ2v) is 7.98. The van der Waals surface area contributed by atoms with Crippen molar-refractivity contribution in [3.05, 3.63) is 44.7 Å². The van der Waals surface area contributed by atoms with Gasteiger partial charge >= 0.3 is 12.0 Å². The van der Waals surface area contributed by atoms with Crippen LogP contribution in [0.25, 0.3) is 0 Å². The molecule has 1 saturated carbocycles. The van der Waals surface area contributed by atoms with E-state index in [1.807, 2.05) is 24.3 Å². The Morgan fingerprint density at radius 3 is 2.68 bits per heavy atom. The summed E-state index contributed by atoms with van der Waals surface area (Å²) in [6.07, 6.45) is 3.06. The number of amides is 2. The van der Waals surface area contributed by atoms with Gasteiger partial charge in [-0.1, -0.05) is 25.1 Å². The van der Waals surface area contributed by atoms with E-state index in [2.05, 4.69) is 34.8 Å². The van der Waals surface area contributed by atoms with Crippen LogP contribution in [0.5, 0.6) is 0 Å². The van der Waals surface area contributed by atoms with Gasteiger partial charge in [0.15, 0.2) is 0 Å². The minimum atomic E-state index is -0.485. The minimum Gasteiger partial charge on any atom is -0.459 e. The fraction of sp³-hybridized carbons (Fsp3) is 0.474. The Kier molecular flexibility index (Phi) is 5.36. The predicted molar refractivity (Wildman–Crippen MR) is 104 cm³/mol. The van der Waals surface area contributed by atoms with Crippen molar-refractivity contribution in [1.29, 1.82) is 0 Å². The molecular weight excluding hydrogens is 431 g/mol. The van der Waals surface area contributed by atoms with Crippen molar-refractivity contribution < 1.29 is 14.3 Å². The van der Waals surface area contributed by atoms with Crippen LogP contribution in [0.15, 0.2) is 35.5 Å². The summed E-state index contributed by atoms with van der Waals surface area (Å²) in [6, 6.07) is 7.07. The lowest BCUT2D eigenvalue weighted by molar-refractivity contribution is -0.146. The number of allylic oxidation sites excluding steroid dienone is 1. The van der Waals surface area contributed by atoms with Gasteiger partial charge in [0.25, 0.3) is 0 Å². The van der Waals surface area contributed by atoms with Gasteiger partial charge in [-0.05, 0) is 66.3 Å². The highest BCUT2D eigenvalue weighted by Crippen LogP contribution is 2.35. The third-order valence-corrected chi connectivity index (χ3v) is 6.21. The number of nitrogens with zero attached hydrogens (tertiary/aromatic N) is 1. The van der Waals surface area contributed by atoms with Gasteiger partial charge in [-0.15, -0.1) is 0 Å². The number of urea groups is 1. The van der Waals surface area contributed by atoms with E-state index >= 15 is 0 Å². The fourth-order valence-electron chi connectivity index (χ4n) is 3.53. The maximum absolute atomic E-state index is 13.0. The van der Waals surface area contributed by atoms with Crippen LogP contribution < -0.4 is 5.32 Å². The highest BCUT2D eigenvalue weighted by molar-refractivity contribution is 14.1. The normalized spacial score (nSPS) is 26.6. The summed E-state index contributed by atoms with van der Waals surface area (Å²) in [5, 5.41) is 2.94. The maximum Gasteiger partial charge on any atom is 0.338 e. The Balaban J connectivity index is 1.97. The molecule has 2 amide bonds. The average molecular weight is 454 g/mol. The Morgan fingerprint density at radius 1 is 1.32 bits per heavy atom. The first-order chi connectivity index (χ1) is 11.9. The molecule has 1 aliphatic carbocycles. The van der Waals surface area contributed by atoms with E-state index in [1.165, 1.54) is 4.90 Å². The molecule has 0 bridgehead atoms. The molecule has 6 heteroatoms. The average Bonchev–Trinajstić information content (AvgIpc) is 2.97. The van der Waals surface area contributed by atoms with Crippen LogP contribution in [0.4, 0.5) is 4.79 Å². The minimum absolute atomic E-state index is 0.0359. The number of esters is 1. The van der Waals surface area contributed by atoms with Crippen molar-refractivity contribution >= 4 is 34.6 Å². The summed E-state index contributed by atoms with van der Waals surface area (Å²) in [5.41, 5.74) is 2.07. The van der Waals surface area contributed by atoms with E-state index in [0.29, 0.717) is 17.2 Å². The van der Waals surface area contributed by atoms with Crippen molar-refractivity contribution in [3.63, 3.8) is 0 Å². The Bertz CT molecular complexity index is 731. The molecule has 1 N–H and O–H groups in total. The zero-order chi connectivity index (χ0) is 18.1. The number of halogens is 1. The molecule has 5 nitrogen and oxygen atoms in total. The fourth-order valence-corrected chi connectivity index (χ4v) is 4.23. The quantitative estimate of drug-likeness (QED) is 0.555. The van der Waals surface area contributed by atoms with Crippen molar-refractivity contribution in [2.45, 2.75) is 45.3 Å². The Labute approximate surface area is 161 Å². The summed E-state index contributed by atoms with van der Waals surface area (Å²) in [4.78, 5) is 26.8. The zero-order valence-corrected chi connectivity index (χ0v) is 16.9. The SMILES string of the molecule is CC1=C(C(=O)O[C@@H]2CCC[C@@H]2C)[C@H](c2ccccc2I)NC(=O)N1C. The first-order valence-electron chi connectivity index (χ1n) is 8.60. The van der Waals surface area contributed by atoms with E-state index in [-0.39, 0.29) is 18.1 Å². The van der Waals surface area contributed by atoms with Crippen molar-refractivity contribution in [2.24, 2.45) is 5.92 Å². The van der Waals surface area contributed by atoms with Gasteiger partial charge in [-0.2, -0.15) is 0 Å². The molecule has 0 radical (unpaired) electrons. The van der Waals surface area contributed by atoms with Gasteiger partial charge in [0, 0.05) is 16.3 Å². The van der Waals surface area contributed by atoms with Gasteiger partial charge in [-0.3, -0.25) is 0 Å². The second-order valence-electron chi connectivity index (χ2n) is 6.81. The number of rotatable bonds is 3. The molecule has 0 saturated heterocycles. The van der Waals surface area contributed by atoms with E-state index in [9.17, 15) is 9.59 Å². The summed E-state index contributed by atoms with van der Waals surface area (Å²) in [5.74, 6) is 0.0591. The van der Waals surface area contributed by atoms with Gasteiger partial charge < -0.3 is 15.0 Å². The Hall–Kier alpha value is -1.57. The lowest BCUT2D eigenvalue weighted by Crippen LogP contribution is -2.46. The van der Waals surface area contributed by atoms with E-state index in [0.717, 1.165) is 28.4 Å². The highest BCUT2D eigenvalue weighted by atomic mass is 127. The van der Waals surface area contributed by atoms with Crippen LogP contribution in [0.2, 0.25) is 0 Å². The van der Waals surface area contributed by atoms with Crippen molar-refractivity contribution in [3.8, 4) is 0 Å². The molecule has 1 aliphatic heterocycles. The number of carbonyl (C=O) groups is 2. The van der Waals surface area contributed by atoms with Crippen molar-refractivity contribution in [2.75, 3.05) is 7.05 Å². The molecule has 1 aromatic rings. The Morgan fingerprint density at radius 2 is 2.04 bits per heavy atom. The van der Waals surface area contributed by atoms with Gasteiger partial charge in [0.1, 0.15) is 6.10 Å². The molecule has 0 aromatic heterocycles. The molecule has 1 heterocycles. The van der Waals surface area contributed by atoms with E-state index in [4.69, 9.17) is 4.74 Å². The standard InChI is InChI=1S/C19H23IN2O3/c1-11-7-6-10-15(11)25-18(23)16-12(2)22(3)19(24)21-17(16)13-8-4-5-9-14(13)20/h4-5,8-9,11,15,17H,6-7,10H2,1-3H3,(H,21,24)/t11-,15+,17-/m0/s1. The summed E-state index contributed by atoms with van der Waals surface area (Å²) in [6.45, 7) is 3.93. The topological polar surface area (TPSA) is 58.6 Å². The largest absolute Gasteiger partial charge is 0.459 e. The summed E-state index contributed by atoms with van der Waals surface area (Å²) >= 11 is 2.23. The number of hydrogen-bond acceptors (Lipinski definition) is 3. The van der Waals surface area contributed by atoms with Crippen LogP contribution >= 0.6 is 22.6 Å². The lowest BCUT2D eigenvalue weighted by Gasteiger charge is -2.34. The number of ether oxygens (including phenoxy) is 1. The van der Waals surface area contributed by atoms with Crippen molar-refractivity contribution in [1.82, 2.24) is 10.2 Å². The third kappa shape index (κ3) is 3.54. The molecule has 1 fully saturated rings. The van der Waals surface area contributed by atoms with Gasteiger partial charge in [-0.25, -0.2) is 9.59 Å². The maximum atomic E-state index is 13.0. The van der Waals surface area contributed by atoms with Gasteiger partial charge in [0.05, 0.1) is 11.6 Å². The summed E-state index contributed by atoms with van der Waals surface area (Å²) < 4.78 is 6.83. The first kappa shape index (κ1) is 18.2.